The lowest BCUT2D eigenvalue weighted by Crippen LogP contribution is -2.32. The molecule has 2 aromatic heterocycles. The van der Waals surface area contributed by atoms with E-state index in [-0.39, 0.29) is 24.8 Å². The van der Waals surface area contributed by atoms with Crippen LogP contribution in [-0.2, 0) is 11.8 Å². The van der Waals surface area contributed by atoms with Gasteiger partial charge in [-0.2, -0.15) is 5.10 Å². The van der Waals surface area contributed by atoms with E-state index < -0.39 is 5.97 Å². The molecular formula is C15H21N3O3S. The highest BCUT2D eigenvalue weighted by atomic mass is 32.1. The monoisotopic (exact) mass is 323 g/mol. The third kappa shape index (κ3) is 3.14. The van der Waals surface area contributed by atoms with E-state index in [9.17, 15) is 9.59 Å². The maximum atomic E-state index is 12.6. The number of aliphatic carboxylic acids is 1. The molecule has 0 spiro atoms. The molecule has 0 aromatic carbocycles. The molecule has 0 fully saturated rings. The zero-order chi connectivity index (χ0) is 16.4. The number of rotatable bonds is 6. The minimum Gasteiger partial charge on any atom is -0.481 e. The van der Waals surface area contributed by atoms with Crippen molar-refractivity contribution in [3.05, 3.63) is 16.6 Å². The van der Waals surface area contributed by atoms with Crippen LogP contribution in [0.5, 0.6) is 0 Å². The lowest BCUT2D eigenvalue weighted by Gasteiger charge is -2.18. The Morgan fingerprint density at radius 2 is 2.14 bits per heavy atom. The van der Waals surface area contributed by atoms with Crippen LogP contribution in [0.25, 0.3) is 10.2 Å². The van der Waals surface area contributed by atoms with E-state index in [1.807, 2.05) is 20.0 Å². The number of aromatic nitrogens is 2. The quantitative estimate of drug-likeness (QED) is 0.887. The molecule has 120 valence electrons. The third-order valence-corrected chi connectivity index (χ3v) is 4.75. The molecule has 2 rings (SSSR count). The third-order valence-electron chi connectivity index (χ3n) is 3.56. The van der Waals surface area contributed by atoms with Crippen LogP contribution < -0.4 is 0 Å². The Balaban J connectivity index is 2.31. The maximum absolute atomic E-state index is 12.6. The number of carbonyl (C=O) groups excluding carboxylic acids is 1. The van der Waals surface area contributed by atoms with Gasteiger partial charge >= 0.3 is 5.97 Å². The number of hydrogen-bond donors (Lipinski definition) is 1. The summed E-state index contributed by atoms with van der Waals surface area (Å²) in [4.78, 5) is 26.4. The van der Waals surface area contributed by atoms with Crippen molar-refractivity contribution in [2.24, 2.45) is 7.05 Å². The van der Waals surface area contributed by atoms with E-state index in [1.54, 1.807) is 9.58 Å². The van der Waals surface area contributed by atoms with Crippen LogP contribution in [0, 0.1) is 0 Å². The van der Waals surface area contributed by atoms with Gasteiger partial charge in [0.25, 0.3) is 5.91 Å². The highest BCUT2D eigenvalue weighted by Crippen LogP contribution is 2.32. The molecule has 0 saturated heterocycles. The summed E-state index contributed by atoms with van der Waals surface area (Å²) in [6, 6.07) is 1.88. The summed E-state index contributed by atoms with van der Waals surface area (Å²) in [6.07, 6.45) is -0.0384. The summed E-state index contributed by atoms with van der Waals surface area (Å²) < 4.78 is 1.81. The molecule has 7 heteroatoms. The van der Waals surface area contributed by atoms with Gasteiger partial charge in [0.1, 0.15) is 4.83 Å². The molecule has 0 bridgehead atoms. The minimum atomic E-state index is -0.895. The molecule has 22 heavy (non-hydrogen) atoms. The van der Waals surface area contributed by atoms with Gasteiger partial charge in [-0.3, -0.25) is 14.3 Å². The topological polar surface area (TPSA) is 75.4 Å². The van der Waals surface area contributed by atoms with E-state index >= 15 is 0 Å². The first-order valence-corrected chi connectivity index (χ1v) is 8.14. The van der Waals surface area contributed by atoms with Crippen molar-refractivity contribution in [3.8, 4) is 0 Å². The molecular weight excluding hydrogens is 302 g/mol. The Morgan fingerprint density at radius 3 is 2.68 bits per heavy atom. The van der Waals surface area contributed by atoms with Crippen molar-refractivity contribution < 1.29 is 14.7 Å². The molecule has 0 aliphatic carbocycles. The van der Waals surface area contributed by atoms with Gasteiger partial charge < -0.3 is 10.0 Å². The van der Waals surface area contributed by atoms with Crippen molar-refractivity contribution in [3.63, 3.8) is 0 Å². The zero-order valence-corrected chi connectivity index (χ0v) is 14.1. The lowest BCUT2D eigenvalue weighted by molar-refractivity contribution is -0.137. The van der Waals surface area contributed by atoms with Crippen LogP contribution in [0.1, 0.15) is 48.5 Å². The molecule has 6 nitrogen and oxygen atoms in total. The Labute approximate surface area is 133 Å². The lowest BCUT2D eigenvalue weighted by atomic mass is 10.1. The summed E-state index contributed by atoms with van der Waals surface area (Å²) in [5.41, 5.74) is 0.987. The second-order valence-corrected chi connectivity index (χ2v) is 6.55. The molecule has 0 saturated carbocycles. The number of hydrogen-bond acceptors (Lipinski definition) is 4. The van der Waals surface area contributed by atoms with Gasteiger partial charge in [-0.05, 0) is 18.9 Å². The smallest absolute Gasteiger partial charge is 0.305 e. The average Bonchev–Trinajstić information content (AvgIpc) is 3.00. The first-order valence-electron chi connectivity index (χ1n) is 7.32. The summed E-state index contributed by atoms with van der Waals surface area (Å²) >= 11 is 1.41. The summed E-state index contributed by atoms with van der Waals surface area (Å²) in [5.74, 6) is -0.718. The second-order valence-electron chi connectivity index (χ2n) is 5.52. The molecule has 0 atom stereocenters. The van der Waals surface area contributed by atoms with Crippen LogP contribution in [-0.4, -0.2) is 44.8 Å². The number of fused-ring (bicyclic) bond motifs is 1. The van der Waals surface area contributed by atoms with Gasteiger partial charge in [0.15, 0.2) is 0 Å². The molecule has 0 aliphatic rings. The summed E-state index contributed by atoms with van der Waals surface area (Å²) in [5, 5.41) is 14.3. The Kier molecular flexibility index (Phi) is 4.85. The Hall–Kier alpha value is -1.89. The second kappa shape index (κ2) is 6.48. The van der Waals surface area contributed by atoms with Gasteiger partial charge in [0.2, 0.25) is 0 Å². The molecule has 1 N–H and O–H groups in total. The van der Waals surface area contributed by atoms with Crippen LogP contribution in [0.4, 0.5) is 0 Å². The predicted octanol–water partition coefficient (Wildman–Crippen LogP) is 2.70. The molecule has 2 heterocycles. The minimum absolute atomic E-state index is 0.0384. The summed E-state index contributed by atoms with van der Waals surface area (Å²) in [7, 11) is 1.88. The maximum Gasteiger partial charge on any atom is 0.305 e. The fourth-order valence-corrected chi connectivity index (χ4v) is 3.44. The fourth-order valence-electron chi connectivity index (χ4n) is 2.39. The number of aryl methyl sites for hydroxylation is 1. The van der Waals surface area contributed by atoms with Crippen LogP contribution in [0.2, 0.25) is 0 Å². The average molecular weight is 323 g/mol. The van der Waals surface area contributed by atoms with E-state index in [2.05, 4.69) is 18.9 Å². The van der Waals surface area contributed by atoms with Crippen molar-refractivity contribution in [1.29, 1.82) is 0 Å². The van der Waals surface area contributed by atoms with Crippen molar-refractivity contribution in [1.82, 2.24) is 14.7 Å². The number of carbonyl (C=O) groups is 2. The SMILES string of the molecule is CCN(CCC(=O)O)C(=O)c1cc2c(C(C)C)nn(C)c2s1. The molecule has 0 aliphatic heterocycles. The van der Waals surface area contributed by atoms with Crippen molar-refractivity contribution in [2.75, 3.05) is 13.1 Å². The number of thiophene rings is 1. The van der Waals surface area contributed by atoms with Crippen LogP contribution in [0.15, 0.2) is 6.07 Å². The number of amides is 1. The number of carboxylic acid groups (broad SMARTS) is 1. The van der Waals surface area contributed by atoms with Crippen molar-refractivity contribution in [2.45, 2.75) is 33.1 Å². The molecule has 0 unspecified atom stereocenters. The fraction of sp³-hybridized carbons (Fsp3) is 0.533. The zero-order valence-electron chi connectivity index (χ0n) is 13.3. The van der Waals surface area contributed by atoms with E-state index in [0.717, 1.165) is 15.9 Å². The van der Waals surface area contributed by atoms with E-state index in [4.69, 9.17) is 5.11 Å². The first kappa shape index (κ1) is 16.5. The standard InChI is InChI=1S/C15H21N3O3S/c1-5-18(7-6-12(19)20)14(21)11-8-10-13(9(2)3)16-17(4)15(10)22-11/h8-9H,5-7H2,1-4H3,(H,19,20). The van der Waals surface area contributed by atoms with E-state index in [0.29, 0.717) is 11.4 Å². The predicted molar refractivity (Wildman–Crippen MR) is 86.5 cm³/mol. The number of carboxylic acids is 1. The first-order chi connectivity index (χ1) is 10.3. The summed E-state index contributed by atoms with van der Waals surface area (Å²) in [6.45, 7) is 6.73. The normalized spacial score (nSPS) is 11.3. The van der Waals surface area contributed by atoms with Gasteiger partial charge in [-0.1, -0.05) is 13.8 Å². The van der Waals surface area contributed by atoms with Crippen LogP contribution in [0.3, 0.4) is 0 Å². The molecule has 0 radical (unpaired) electrons. The number of nitrogens with zero attached hydrogens (tertiary/aromatic N) is 3. The Bertz CT molecular complexity index is 702. The molecule has 1 amide bonds. The van der Waals surface area contributed by atoms with Gasteiger partial charge in [-0.25, -0.2) is 0 Å². The Morgan fingerprint density at radius 1 is 1.45 bits per heavy atom. The van der Waals surface area contributed by atoms with Gasteiger partial charge in [-0.15, -0.1) is 11.3 Å². The largest absolute Gasteiger partial charge is 0.481 e. The highest BCUT2D eigenvalue weighted by Gasteiger charge is 2.21. The van der Waals surface area contributed by atoms with Gasteiger partial charge in [0, 0.05) is 25.5 Å². The highest BCUT2D eigenvalue weighted by molar-refractivity contribution is 7.20. The van der Waals surface area contributed by atoms with E-state index in [1.165, 1.54) is 11.3 Å². The van der Waals surface area contributed by atoms with Crippen molar-refractivity contribution >= 4 is 33.4 Å². The van der Waals surface area contributed by atoms with Crippen LogP contribution >= 0.6 is 11.3 Å². The molecule has 2 aromatic rings. The van der Waals surface area contributed by atoms with Gasteiger partial charge in [0.05, 0.1) is 17.0 Å².